The topological polar surface area (TPSA) is 37.3 Å². The van der Waals surface area contributed by atoms with Crippen molar-refractivity contribution in [3.05, 3.63) is 59.2 Å². The molecule has 0 aromatic heterocycles. The molecular formula is C15H11F3O2. The van der Waals surface area contributed by atoms with E-state index < -0.39 is 17.7 Å². The standard InChI is InChI=1S/C15H11F3O2/c1-9-4-2-3-5-13(9)10-6-11(14(19)20)8-12(7-10)15(16,17)18/h2-8H,1H3,(H,19,20). The highest BCUT2D eigenvalue weighted by molar-refractivity contribution is 5.90. The molecule has 0 bridgehead atoms. The molecule has 0 aliphatic carbocycles. The maximum Gasteiger partial charge on any atom is 0.416 e. The molecule has 0 atom stereocenters. The van der Waals surface area contributed by atoms with E-state index in [0.29, 0.717) is 11.6 Å². The normalized spacial score (nSPS) is 11.4. The van der Waals surface area contributed by atoms with Crippen molar-refractivity contribution in [2.75, 3.05) is 0 Å². The molecular weight excluding hydrogens is 269 g/mol. The first kappa shape index (κ1) is 14.1. The fraction of sp³-hybridized carbons (Fsp3) is 0.133. The molecule has 0 heterocycles. The smallest absolute Gasteiger partial charge is 0.416 e. The third kappa shape index (κ3) is 2.82. The van der Waals surface area contributed by atoms with E-state index in [0.717, 1.165) is 11.6 Å². The molecule has 0 aliphatic rings. The SMILES string of the molecule is Cc1ccccc1-c1cc(C(=O)O)cc(C(F)(F)F)c1. The number of carboxylic acid groups (broad SMARTS) is 1. The summed E-state index contributed by atoms with van der Waals surface area (Å²) in [5.74, 6) is -1.38. The minimum Gasteiger partial charge on any atom is -0.478 e. The van der Waals surface area contributed by atoms with Crippen molar-refractivity contribution < 1.29 is 23.1 Å². The molecule has 2 aromatic carbocycles. The van der Waals surface area contributed by atoms with Gasteiger partial charge in [-0.1, -0.05) is 24.3 Å². The number of carbonyl (C=O) groups is 1. The van der Waals surface area contributed by atoms with Crippen LogP contribution in [0.5, 0.6) is 0 Å². The van der Waals surface area contributed by atoms with Gasteiger partial charge in [0, 0.05) is 0 Å². The minimum absolute atomic E-state index is 0.246. The van der Waals surface area contributed by atoms with Gasteiger partial charge in [-0.05, 0) is 41.8 Å². The fourth-order valence-corrected chi connectivity index (χ4v) is 1.97. The van der Waals surface area contributed by atoms with Gasteiger partial charge in [0.25, 0.3) is 0 Å². The third-order valence-electron chi connectivity index (χ3n) is 2.96. The molecule has 20 heavy (non-hydrogen) atoms. The van der Waals surface area contributed by atoms with E-state index in [1.54, 1.807) is 31.2 Å². The molecule has 1 N–H and O–H groups in total. The van der Waals surface area contributed by atoms with Crippen LogP contribution in [0.15, 0.2) is 42.5 Å². The van der Waals surface area contributed by atoms with Gasteiger partial charge in [-0.2, -0.15) is 13.2 Å². The average Bonchev–Trinajstić information content (AvgIpc) is 2.37. The van der Waals surface area contributed by atoms with Crippen molar-refractivity contribution in [1.29, 1.82) is 0 Å². The van der Waals surface area contributed by atoms with Crippen LogP contribution in [0.3, 0.4) is 0 Å². The number of rotatable bonds is 2. The summed E-state index contributed by atoms with van der Waals surface area (Å²) in [5.41, 5.74) is 0.272. The zero-order valence-corrected chi connectivity index (χ0v) is 10.5. The summed E-state index contributed by atoms with van der Waals surface area (Å²) in [5, 5.41) is 8.95. The Hall–Kier alpha value is -2.30. The number of benzene rings is 2. The van der Waals surface area contributed by atoms with Gasteiger partial charge >= 0.3 is 12.1 Å². The monoisotopic (exact) mass is 280 g/mol. The van der Waals surface area contributed by atoms with E-state index in [1.165, 1.54) is 6.07 Å². The van der Waals surface area contributed by atoms with Crippen LogP contribution in [0.1, 0.15) is 21.5 Å². The number of alkyl halides is 3. The maximum absolute atomic E-state index is 12.8. The van der Waals surface area contributed by atoms with Crippen molar-refractivity contribution in [2.24, 2.45) is 0 Å². The lowest BCUT2D eigenvalue weighted by Crippen LogP contribution is -2.08. The number of aryl methyl sites for hydroxylation is 1. The lowest BCUT2D eigenvalue weighted by Gasteiger charge is -2.12. The van der Waals surface area contributed by atoms with E-state index in [4.69, 9.17) is 5.11 Å². The van der Waals surface area contributed by atoms with Crippen LogP contribution < -0.4 is 0 Å². The Kier molecular flexibility index (Phi) is 3.53. The van der Waals surface area contributed by atoms with E-state index in [-0.39, 0.29) is 11.1 Å². The summed E-state index contributed by atoms with van der Waals surface area (Å²) >= 11 is 0. The fourth-order valence-electron chi connectivity index (χ4n) is 1.97. The Morgan fingerprint density at radius 3 is 2.30 bits per heavy atom. The second-order valence-electron chi connectivity index (χ2n) is 4.42. The first-order valence-corrected chi connectivity index (χ1v) is 5.80. The Labute approximate surface area is 113 Å². The van der Waals surface area contributed by atoms with Crippen LogP contribution in [0.25, 0.3) is 11.1 Å². The number of hydrogen-bond acceptors (Lipinski definition) is 1. The van der Waals surface area contributed by atoms with Crippen molar-refractivity contribution in [2.45, 2.75) is 13.1 Å². The van der Waals surface area contributed by atoms with E-state index in [9.17, 15) is 18.0 Å². The van der Waals surface area contributed by atoms with Crippen LogP contribution in [0.4, 0.5) is 13.2 Å². The van der Waals surface area contributed by atoms with Crippen molar-refractivity contribution in [3.63, 3.8) is 0 Å². The summed E-state index contributed by atoms with van der Waals surface area (Å²) in [6.45, 7) is 1.76. The van der Waals surface area contributed by atoms with Crippen LogP contribution in [0.2, 0.25) is 0 Å². The molecule has 0 unspecified atom stereocenters. The van der Waals surface area contributed by atoms with Crippen molar-refractivity contribution >= 4 is 5.97 Å². The van der Waals surface area contributed by atoms with Crippen LogP contribution in [-0.2, 0) is 6.18 Å². The third-order valence-corrected chi connectivity index (χ3v) is 2.96. The van der Waals surface area contributed by atoms with Crippen LogP contribution in [0, 0.1) is 6.92 Å². The first-order valence-electron chi connectivity index (χ1n) is 5.80. The summed E-state index contributed by atoms with van der Waals surface area (Å²) in [6.07, 6.45) is -4.58. The zero-order chi connectivity index (χ0) is 14.9. The second-order valence-corrected chi connectivity index (χ2v) is 4.42. The van der Waals surface area contributed by atoms with Gasteiger partial charge in [0.2, 0.25) is 0 Å². The Bertz CT molecular complexity index is 660. The van der Waals surface area contributed by atoms with Gasteiger partial charge in [-0.3, -0.25) is 0 Å². The highest BCUT2D eigenvalue weighted by Crippen LogP contribution is 2.34. The molecule has 0 amide bonds. The van der Waals surface area contributed by atoms with E-state index >= 15 is 0 Å². The molecule has 2 nitrogen and oxygen atoms in total. The number of halogens is 3. The largest absolute Gasteiger partial charge is 0.478 e. The van der Waals surface area contributed by atoms with Crippen molar-refractivity contribution in [3.8, 4) is 11.1 Å². The summed E-state index contributed by atoms with van der Waals surface area (Å²) in [4.78, 5) is 11.0. The summed E-state index contributed by atoms with van der Waals surface area (Å²) in [7, 11) is 0. The molecule has 5 heteroatoms. The highest BCUT2D eigenvalue weighted by Gasteiger charge is 2.32. The lowest BCUT2D eigenvalue weighted by atomic mass is 9.96. The van der Waals surface area contributed by atoms with Crippen molar-refractivity contribution in [1.82, 2.24) is 0 Å². The Morgan fingerprint density at radius 1 is 1.10 bits per heavy atom. The molecule has 0 saturated carbocycles. The molecule has 104 valence electrons. The number of aromatic carboxylic acids is 1. The molecule has 0 spiro atoms. The minimum atomic E-state index is -4.58. The van der Waals surface area contributed by atoms with Gasteiger partial charge in [-0.15, -0.1) is 0 Å². The summed E-state index contributed by atoms with van der Waals surface area (Å²) in [6, 6.07) is 9.75. The maximum atomic E-state index is 12.8. The Morgan fingerprint density at radius 2 is 1.75 bits per heavy atom. The second kappa shape index (κ2) is 5.00. The molecule has 0 radical (unpaired) electrons. The first-order chi connectivity index (χ1) is 9.29. The molecule has 0 aliphatic heterocycles. The molecule has 2 rings (SSSR count). The summed E-state index contributed by atoms with van der Waals surface area (Å²) < 4.78 is 38.5. The Balaban J connectivity index is 2.68. The number of hydrogen-bond donors (Lipinski definition) is 1. The molecule has 0 saturated heterocycles. The van der Waals surface area contributed by atoms with Gasteiger partial charge in [0.05, 0.1) is 11.1 Å². The van der Waals surface area contributed by atoms with Crippen LogP contribution >= 0.6 is 0 Å². The average molecular weight is 280 g/mol. The van der Waals surface area contributed by atoms with E-state index in [2.05, 4.69) is 0 Å². The van der Waals surface area contributed by atoms with Crippen LogP contribution in [-0.4, -0.2) is 11.1 Å². The number of carboxylic acids is 1. The molecule has 2 aromatic rings. The highest BCUT2D eigenvalue weighted by atomic mass is 19.4. The quantitative estimate of drug-likeness (QED) is 0.886. The predicted octanol–water partition coefficient (Wildman–Crippen LogP) is 4.38. The zero-order valence-electron chi connectivity index (χ0n) is 10.5. The lowest BCUT2D eigenvalue weighted by molar-refractivity contribution is -0.137. The predicted molar refractivity (Wildman–Crippen MR) is 68.6 cm³/mol. The van der Waals surface area contributed by atoms with Gasteiger partial charge in [0.1, 0.15) is 0 Å². The molecule has 0 fully saturated rings. The van der Waals surface area contributed by atoms with E-state index in [1.807, 2.05) is 0 Å². The van der Waals surface area contributed by atoms with Gasteiger partial charge < -0.3 is 5.11 Å². The van der Waals surface area contributed by atoms with Gasteiger partial charge in [0.15, 0.2) is 0 Å². The van der Waals surface area contributed by atoms with Gasteiger partial charge in [-0.25, -0.2) is 4.79 Å².